The number of esters is 1. The Balaban J connectivity index is 1.63. The van der Waals surface area contributed by atoms with Crippen LogP contribution in [0.1, 0.15) is 5.56 Å². The minimum Gasteiger partial charge on any atom is -0.497 e. The topological polar surface area (TPSA) is 57.9 Å². The Kier molecular flexibility index (Phi) is 5.20. The van der Waals surface area contributed by atoms with Gasteiger partial charge in [-0.2, -0.15) is 0 Å². The summed E-state index contributed by atoms with van der Waals surface area (Å²) in [5.41, 5.74) is 2.91. The van der Waals surface area contributed by atoms with Gasteiger partial charge in [0.15, 0.2) is 0 Å². The molecule has 4 rings (SSSR count). The summed E-state index contributed by atoms with van der Waals surface area (Å²) in [6.45, 7) is 0.0865. The summed E-state index contributed by atoms with van der Waals surface area (Å²) in [7, 11) is 2.96. The van der Waals surface area contributed by atoms with E-state index in [2.05, 4.69) is 0 Å². The minimum atomic E-state index is -0.435. The van der Waals surface area contributed by atoms with Gasteiger partial charge in [-0.15, -0.1) is 0 Å². The summed E-state index contributed by atoms with van der Waals surface area (Å²) >= 11 is 0. The highest BCUT2D eigenvalue weighted by molar-refractivity contribution is 6.05. The van der Waals surface area contributed by atoms with E-state index in [1.165, 1.54) is 7.11 Å². The number of fused-ring (bicyclic) bond motifs is 3. The zero-order valence-corrected chi connectivity index (χ0v) is 16.2. The van der Waals surface area contributed by atoms with Crippen LogP contribution in [0, 0.1) is 0 Å². The predicted molar refractivity (Wildman–Crippen MR) is 112 cm³/mol. The summed E-state index contributed by atoms with van der Waals surface area (Å²) in [6, 6.07) is 20.9. The van der Waals surface area contributed by atoms with E-state index in [0.717, 1.165) is 33.3 Å². The van der Waals surface area contributed by atoms with E-state index in [4.69, 9.17) is 18.6 Å². The Hall–Kier alpha value is -3.73. The van der Waals surface area contributed by atoms with E-state index >= 15 is 0 Å². The molecular formula is C24H20O5. The fraction of sp³-hybridized carbons (Fsp3) is 0.125. The molecule has 5 nitrogen and oxygen atoms in total. The van der Waals surface area contributed by atoms with Gasteiger partial charge in [-0.25, -0.2) is 4.79 Å². The van der Waals surface area contributed by atoms with Gasteiger partial charge in [-0.3, -0.25) is 0 Å². The van der Waals surface area contributed by atoms with Gasteiger partial charge in [0.2, 0.25) is 0 Å². The number of benzene rings is 3. The van der Waals surface area contributed by atoms with Crippen molar-refractivity contribution in [3.8, 4) is 11.5 Å². The average Bonchev–Trinajstić information content (AvgIpc) is 3.14. The maximum absolute atomic E-state index is 12.3. The Labute approximate surface area is 168 Å². The van der Waals surface area contributed by atoms with Crippen LogP contribution in [-0.2, 0) is 9.53 Å². The molecule has 0 atom stereocenters. The van der Waals surface area contributed by atoms with Crippen LogP contribution < -0.4 is 9.47 Å². The zero-order valence-electron chi connectivity index (χ0n) is 16.2. The number of ether oxygens (including phenoxy) is 3. The zero-order chi connectivity index (χ0) is 20.2. The molecule has 0 saturated carbocycles. The molecule has 0 aliphatic heterocycles. The quantitative estimate of drug-likeness (QED) is 0.334. The van der Waals surface area contributed by atoms with E-state index in [-0.39, 0.29) is 6.61 Å². The molecule has 3 aromatic carbocycles. The van der Waals surface area contributed by atoms with Crippen molar-refractivity contribution >= 4 is 34.0 Å². The third-order valence-corrected chi connectivity index (χ3v) is 4.64. The first-order chi connectivity index (χ1) is 14.2. The first-order valence-electron chi connectivity index (χ1n) is 9.15. The first kappa shape index (κ1) is 18.6. The number of rotatable bonds is 6. The third-order valence-electron chi connectivity index (χ3n) is 4.64. The van der Waals surface area contributed by atoms with Crippen molar-refractivity contribution in [3.05, 3.63) is 77.9 Å². The summed E-state index contributed by atoms with van der Waals surface area (Å²) in [4.78, 5) is 12.3. The van der Waals surface area contributed by atoms with Gasteiger partial charge in [-0.1, -0.05) is 24.3 Å². The molecule has 0 aliphatic carbocycles. The number of para-hydroxylation sites is 1. The van der Waals surface area contributed by atoms with Crippen LogP contribution in [0.4, 0.5) is 0 Å². The number of methoxy groups -OCH3 is 2. The lowest BCUT2D eigenvalue weighted by atomic mass is 10.1. The van der Waals surface area contributed by atoms with Crippen molar-refractivity contribution in [2.45, 2.75) is 0 Å². The Morgan fingerprint density at radius 1 is 0.897 bits per heavy atom. The molecule has 1 heterocycles. The lowest BCUT2D eigenvalue weighted by Crippen LogP contribution is -2.12. The predicted octanol–water partition coefficient (Wildman–Crippen LogP) is 5.23. The van der Waals surface area contributed by atoms with E-state index < -0.39 is 5.97 Å². The van der Waals surface area contributed by atoms with Crippen LogP contribution in [0.25, 0.3) is 28.0 Å². The summed E-state index contributed by atoms with van der Waals surface area (Å²) in [6.07, 6.45) is 1.77. The molecule has 0 amide bonds. The maximum atomic E-state index is 12.3. The van der Waals surface area contributed by atoms with Crippen molar-refractivity contribution in [2.75, 3.05) is 20.8 Å². The highest BCUT2D eigenvalue weighted by Gasteiger charge is 2.12. The molecule has 0 unspecified atom stereocenters. The van der Waals surface area contributed by atoms with Gasteiger partial charge in [0.05, 0.1) is 19.8 Å². The third kappa shape index (κ3) is 3.94. The van der Waals surface area contributed by atoms with Crippen molar-refractivity contribution < 1.29 is 23.4 Å². The Morgan fingerprint density at radius 2 is 1.62 bits per heavy atom. The molecule has 0 saturated heterocycles. The molecule has 0 fully saturated rings. The van der Waals surface area contributed by atoms with Crippen LogP contribution in [0.5, 0.6) is 11.5 Å². The largest absolute Gasteiger partial charge is 0.497 e. The summed E-state index contributed by atoms with van der Waals surface area (Å²) in [5.74, 6) is 0.939. The molecule has 0 spiro atoms. The molecule has 0 bridgehead atoms. The second-order valence-corrected chi connectivity index (χ2v) is 6.48. The molecule has 146 valence electrons. The average molecular weight is 388 g/mol. The minimum absolute atomic E-state index is 0.0865. The molecule has 0 aliphatic rings. The Bertz CT molecular complexity index is 1190. The summed E-state index contributed by atoms with van der Waals surface area (Å²) < 4.78 is 21.7. The van der Waals surface area contributed by atoms with Crippen molar-refractivity contribution in [1.82, 2.24) is 0 Å². The van der Waals surface area contributed by atoms with Gasteiger partial charge in [0.25, 0.3) is 0 Å². The number of hydrogen-bond acceptors (Lipinski definition) is 5. The van der Waals surface area contributed by atoms with Crippen LogP contribution in [-0.4, -0.2) is 26.8 Å². The first-order valence-corrected chi connectivity index (χ1v) is 9.15. The van der Waals surface area contributed by atoms with Crippen molar-refractivity contribution in [3.63, 3.8) is 0 Å². The molecule has 1 aromatic heterocycles. The smallest absolute Gasteiger partial charge is 0.337 e. The maximum Gasteiger partial charge on any atom is 0.337 e. The van der Waals surface area contributed by atoms with E-state index in [0.29, 0.717) is 11.3 Å². The van der Waals surface area contributed by atoms with E-state index in [1.807, 2.05) is 42.5 Å². The van der Waals surface area contributed by atoms with Crippen LogP contribution >= 0.6 is 0 Å². The van der Waals surface area contributed by atoms with Crippen molar-refractivity contribution in [2.24, 2.45) is 0 Å². The van der Waals surface area contributed by atoms with Gasteiger partial charge in [0, 0.05) is 10.8 Å². The lowest BCUT2D eigenvalue weighted by Gasteiger charge is -2.09. The SMILES string of the molecule is COC(=O)/C(=C/c1ccc2oc3ccccc3c2c1)COc1ccc(OC)cc1. The molecule has 0 radical (unpaired) electrons. The molecule has 4 aromatic rings. The molecular weight excluding hydrogens is 368 g/mol. The Morgan fingerprint density at radius 3 is 2.38 bits per heavy atom. The van der Waals surface area contributed by atoms with Gasteiger partial charge >= 0.3 is 5.97 Å². The summed E-state index contributed by atoms with van der Waals surface area (Å²) in [5, 5.41) is 2.03. The number of carbonyl (C=O) groups excluding carboxylic acids is 1. The molecule has 29 heavy (non-hydrogen) atoms. The normalized spacial score (nSPS) is 11.6. The van der Waals surface area contributed by atoms with E-state index in [1.54, 1.807) is 37.5 Å². The highest BCUT2D eigenvalue weighted by atomic mass is 16.5. The second kappa shape index (κ2) is 8.10. The number of hydrogen-bond donors (Lipinski definition) is 0. The molecule has 0 N–H and O–H groups in total. The lowest BCUT2D eigenvalue weighted by molar-refractivity contribution is -0.136. The fourth-order valence-corrected chi connectivity index (χ4v) is 3.16. The van der Waals surface area contributed by atoms with Crippen LogP contribution in [0.3, 0.4) is 0 Å². The van der Waals surface area contributed by atoms with Gasteiger partial charge in [-0.05, 0) is 54.1 Å². The fourth-order valence-electron chi connectivity index (χ4n) is 3.16. The number of carbonyl (C=O) groups is 1. The van der Waals surface area contributed by atoms with Crippen molar-refractivity contribution in [1.29, 1.82) is 0 Å². The number of furan rings is 1. The van der Waals surface area contributed by atoms with Gasteiger partial charge < -0.3 is 18.6 Å². The standard InChI is InChI=1S/C24H20O5/c1-26-18-8-10-19(11-9-18)28-15-17(24(25)27-2)13-16-7-12-23-21(14-16)20-5-3-4-6-22(20)29-23/h3-14H,15H2,1-2H3/b17-13+. The van der Waals surface area contributed by atoms with Crippen LogP contribution in [0.15, 0.2) is 76.7 Å². The monoisotopic (exact) mass is 388 g/mol. The highest BCUT2D eigenvalue weighted by Crippen LogP contribution is 2.29. The van der Waals surface area contributed by atoms with Crippen LogP contribution in [0.2, 0.25) is 0 Å². The molecule has 5 heteroatoms. The van der Waals surface area contributed by atoms with Gasteiger partial charge in [0.1, 0.15) is 29.3 Å². The van der Waals surface area contributed by atoms with E-state index in [9.17, 15) is 4.79 Å². The second-order valence-electron chi connectivity index (χ2n) is 6.48.